The largest absolute Gasteiger partial charge is 0.486 e. The second kappa shape index (κ2) is 9.17. The number of hydrogen-bond acceptors (Lipinski definition) is 3. The summed E-state index contributed by atoms with van der Waals surface area (Å²) in [5, 5.41) is 9.27. The van der Waals surface area contributed by atoms with Crippen molar-refractivity contribution in [2.24, 2.45) is 0 Å². The zero-order chi connectivity index (χ0) is 21.6. The van der Waals surface area contributed by atoms with Crippen LogP contribution in [0.3, 0.4) is 0 Å². The Bertz CT molecular complexity index is 1040. The first-order valence-electron chi connectivity index (χ1n) is 8.90. The molecule has 30 heavy (non-hydrogen) atoms. The molecular formula is C23H17F3O4. The summed E-state index contributed by atoms with van der Waals surface area (Å²) in [4.78, 5) is 11.3. The number of alkyl halides is 3. The van der Waals surface area contributed by atoms with Crippen molar-refractivity contribution >= 4 is 12.0 Å². The summed E-state index contributed by atoms with van der Waals surface area (Å²) in [6.45, 7) is 0.141. The minimum absolute atomic E-state index is 0.0227. The third-order valence-electron chi connectivity index (χ3n) is 4.07. The van der Waals surface area contributed by atoms with Crippen LogP contribution in [0.15, 0.2) is 78.9 Å². The van der Waals surface area contributed by atoms with Crippen LogP contribution >= 0.6 is 0 Å². The average Bonchev–Trinajstić information content (AvgIpc) is 2.72. The highest BCUT2D eigenvalue weighted by molar-refractivity contribution is 5.91. The molecule has 0 atom stereocenters. The van der Waals surface area contributed by atoms with Crippen LogP contribution in [-0.2, 0) is 6.18 Å². The Morgan fingerprint density at radius 3 is 2.10 bits per heavy atom. The Hall–Kier alpha value is -3.74. The maximum atomic E-state index is 12.6. The van der Waals surface area contributed by atoms with Crippen molar-refractivity contribution in [3.8, 4) is 17.2 Å². The molecule has 7 heteroatoms. The minimum atomic E-state index is -4.37. The zero-order valence-corrected chi connectivity index (χ0v) is 15.6. The van der Waals surface area contributed by atoms with Gasteiger partial charge in [-0.3, -0.25) is 0 Å². The molecule has 1 N–H and O–H groups in total. The smallest absolute Gasteiger partial charge is 0.416 e. The van der Waals surface area contributed by atoms with Gasteiger partial charge in [-0.05, 0) is 48.0 Å². The molecular weight excluding hydrogens is 397 g/mol. The number of hydrogen-bond donors (Lipinski definition) is 1. The van der Waals surface area contributed by atoms with Crippen LogP contribution in [0.2, 0.25) is 0 Å². The number of carboxylic acid groups (broad SMARTS) is 1. The van der Waals surface area contributed by atoms with Crippen molar-refractivity contribution in [2.75, 3.05) is 6.61 Å². The first kappa shape index (κ1) is 21.0. The fraction of sp³-hybridized carbons (Fsp3) is 0.0870. The van der Waals surface area contributed by atoms with Gasteiger partial charge in [0.2, 0.25) is 0 Å². The SMILES string of the molecule is O=C(O)c1ccccc1Oc1ccccc1OCC=Cc1ccc(C(F)(F)F)cc1. The van der Waals surface area contributed by atoms with E-state index in [4.69, 9.17) is 9.47 Å². The van der Waals surface area contributed by atoms with E-state index >= 15 is 0 Å². The predicted octanol–water partition coefficient (Wildman–Crippen LogP) is 6.29. The van der Waals surface area contributed by atoms with Crippen molar-refractivity contribution in [1.29, 1.82) is 0 Å². The van der Waals surface area contributed by atoms with Gasteiger partial charge in [0.05, 0.1) is 5.56 Å². The van der Waals surface area contributed by atoms with Crippen LogP contribution in [0.25, 0.3) is 6.08 Å². The average molecular weight is 414 g/mol. The van der Waals surface area contributed by atoms with E-state index in [-0.39, 0.29) is 17.9 Å². The minimum Gasteiger partial charge on any atom is -0.486 e. The van der Waals surface area contributed by atoms with Crippen molar-refractivity contribution in [3.05, 3.63) is 95.6 Å². The van der Waals surface area contributed by atoms with Gasteiger partial charge in [0.1, 0.15) is 17.9 Å². The van der Waals surface area contributed by atoms with Crippen LogP contribution in [0.4, 0.5) is 13.2 Å². The van der Waals surface area contributed by atoms with Crippen LogP contribution in [-0.4, -0.2) is 17.7 Å². The van der Waals surface area contributed by atoms with E-state index < -0.39 is 17.7 Å². The molecule has 3 aromatic rings. The number of carboxylic acids is 1. The van der Waals surface area contributed by atoms with E-state index in [1.165, 1.54) is 18.2 Å². The Morgan fingerprint density at radius 1 is 0.867 bits per heavy atom. The van der Waals surface area contributed by atoms with Crippen LogP contribution in [0.5, 0.6) is 17.2 Å². The molecule has 0 heterocycles. The van der Waals surface area contributed by atoms with Gasteiger partial charge in [-0.1, -0.05) is 42.5 Å². The number of carbonyl (C=O) groups is 1. The van der Waals surface area contributed by atoms with E-state index in [1.54, 1.807) is 54.6 Å². The van der Waals surface area contributed by atoms with E-state index in [1.807, 2.05) is 0 Å². The highest BCUT2D eigenvalue weighted by Crippen LogP contribution is 2.33. The van der Waals surface area contributed by atoms with Crippen molar-refractivity contribution in [3.63, 3.8) is 0 Å². The Morgan fingerprint density at radius 2 is 1.47 bits per heavy atom. The third kappa shape index (κ3) is 5.41. The van der Waals surface area contributed by atoms with E-state index in [0.717, 1.165) is 12.1 Å². The summed E-state index contributed by atoms with van der Waals surface area (Å²) in [7, 11) is 0. The molecule has 154 valence electrons. The summed E-state index contributed by atoms with van der Waals surface area (Å²) in [6.07, 6.45) is -1.07. The second-order valence-electron chi connectivity index (χ2n) is 6.18. The lowest BCUT2D eigenvalue weighted by atomic mass is 10.1. The van der Waals surface area contributed by atoms with Gasteiger partial charge in [-0.25, -0.2) is 4.79 Å². The van der Waals surface area contributed by atoms with Gasteiger partial charge in [0.15, 0.2) is 11.5 Å². The molecule has 0 radical (unpaired) electrons. The molecule has 4 nitrogen and oxygen atoms in total. The predicted molar refractivity (Wildman–Crippen MR) is 106 cm³/mol. The monoisotopic (exact) mass is 414 g/mol. The van der Waals surface area contributed by atoms with Gasteiger partial charge in [-0.2, -0.15) is 13.2 Å². The number of para-hydroxylation sites is 3. The van der Waals surface area contributed by atoms with Gasteiger partial charge < -0.3 is 14.6 Å². The quantitative estimate of drug-likeness (QED) is 0.494. The highest BCUT2D eigenvalue weighted by Gasteiger charge is 2.29. The topological polar surface area (TPSA) is 55.8 Å². The van der Waals surface area contributed by atoms with Crippen molar-refractivity contribution < 1.29 is 32.5 Å². The van der Waals surface area contributed by atoms with Crippen LogP contribution in [0.1, 0.15) is 21.5 Å². The van der Waals surface area contributed by atoms with E-state index in [9.17, 15) is 23.1 Å². The standard InChI is InChI=1S/C23H17F3O4/c24-23(25,26)17-13-11-16(12-14-17)6-5-15-29-20-9-3-4-10-21(20)30-19-8-2-1-7-18(19)22(27)28/h1-14H,15H2,(H,27,28). The lowest BCUT2D eigenvalue weighted by molar-refractivity contribution is -0.137. The normalized spacial score (nSPS) is 11.4. The summed E-state index contributed by atoms with van der Waals surface area (Å²) in [5.74, 6) is -0.186. The summed E-state index contributed by atoms with van der Waals surface area (Å²) in [5.41, 5.74) is -0.0790. The molecule has 3 rings (SSSR count). The van der Waals surface area contributed by atoms with E-state index in [0.29, 0.717) is 17.1 Å². The molecule has 0 fully saturated rings. The molecule has 0 aliphatic carbocycles. The maximum absolute atomic E-state index is 12.6. The first-order valence-corrected chi connectivity index (χ1v) is 8.90. The lowest BCUT2D eigenvalue weighted by Gasteiger charge is -2.12. The fourth-order valence-corrected chi connectivity index (χ4v) is 2.61. The van der Waals surface area contributed by atoms with Gasteiger partial charge >= 0.3 is 12.1 Å². The Labute approximate surface area is 170 Å². The molecule has 3 aromatic carbocycles. The first-order chi connectivity index (χ1) is 14.3. The van der Waals surface area contributed by atoms with Crippen LogP contribution < -0.4 is 9.47 Å². The van der Waals surface area contributed by atoms with E-state index in [2.05, 4.69) is 0 Å². The molecule has 0 bridgehead atoms. The zero-order valence-electron chi connectivity index (χ0n) is 15.6. The number of rotatable bonds is 7. The number of benzene rings is 3. The summed E-state index contributed by atoms with van der Waals surface area (Å²) < 4.78 is 49.2. The Kier molecular flexibility index (Phi) is 6.41. The van der Waals surface area contributed by atoms with Crippen LogP contribution in [0, 0.1) is 0 Å². The maximum Gasteiger partial charge on any atom is 0.416 e. The van der Waals surface area contributed by atoms with Gasteiger partial charge in [-0.15, -0.1) is 0 Å². The lowest BCUT2D eigenvalue weighted by Crippen LogP contribution is -2.04. The number of ether oxygens (including phenoxy) is 2. The van der Waals surface area contributed by atoms with Gasteiger partial charge in [0, 0.05) is 0 Å². The highest BCUT2D eigenvalue weighted by atomic mass is 19.4. The molecule has 0 aliphatic heterocycles. The molecule has 0 spiro atoms. The number of halogens is 3. The molecule has 0 aromatic heterocycles. The molecule has 0 aliphatic rings. The molecule has 0 unspecified atom stereocenters. The molecule has 0 amide bonds. The number of aromatic carboxylic acids is 1. The third-order valence-corrected chi connectivity index (χ3v) is 4.07. The second-order valence-corrected chi connectivity index (χ2v) is 6.18. The fourth-order valence-electron chi connectivity index (χ4n) is 2.61. The molecule has 0 saturated carbocycles. The van der Waals surface area contributed by atoms with Crippen molar-refractivity contribution in [1.82, 2.24) is 0 Å². The summed E-state index contributed by atoms with van der Waals surface area (Å²) in [6, 6.07) is 17.8. The Balaban J connectivity index is 1.66. The van der Waals surface area contributed by atoms with Crippen molar-refractivity contribution in [2.45, 2.75) is 6.18 Å². The molecule has 0 saturated heterocycles. The summed E-state index contributed by atoms with van der Waals surface area (Å²) >= 11 is 0. The van der Waals surface area contributed by atoms with Gasteiger partial charge in [0.25, 0.3) is 0 Å².